The summed E-state index contributed by atoms with van der Waals surface area (Å²) < 4.78 is 5.49. The molecule has 0 saturated heterocycles. The minimum absolute atomic E-state index is 0.00445. The highest BCUT2D eigenvalue weighted by Crippen LogP contribution is 2.23. The first-order valence-corrected chi connectivity index (χ1v) is 8.52. The van der Waals surface area contributed by atoms with Gasteiger partial charge in [0.2, 0.25) is 11.8 Å². The van der Waals surface area contributed by atoms with Crippen LogP contribution >= 0.6 is 0 Å². The molecule has 0 saturated carbocycles. The van der Waals surface area contributed by atoms with Crippen LogP contribution in [0, 0.1) is 0 Å². The Morgan fingerprint density at radius 3 is 2.46 bits per heavy atom. The van der Waals surface area contributed by atoms with Crippen LogP contribution in [0.3, 0.4) is 0 Å². The summed E-state index contributed by atoms with van der Waals surface area (Å²) in [7, 11) is 1.51. The fourth-order valence-corrected chi connectivity index (χ4v) is 2.40. The smallest absolute Gasteiger partial charge is 0.322 e. The summed E-state index contributed by atoms with van der Waals surface area (Å²) in [4.78, 5) is 31.9. The van der Waals surface area contributed by atoms with E-state index in [-0.39, 0.29) is 36.9 Å². The Morgan fingerprint density at radius 2 is 1.89 bits per heavy atom. The van der Waals surface area contributed by atoms with E-state index >= 15 is 0 Å². The van der Waals surface area contributed by atoms with Gasteiger partial charge in [0.15, 0.2) is 0 Å². The molecule has 0 fully saturated rings. The van der Waals surface area contributed by atoms with Gasteiger partial charge in [0, 0.05) is 25.5 Å². The average Bonchev–Trinajstić information content (AvgIpc) is 3.13. The summed E-state index contributed by atoms with van der Waals surface area (Å²) in [5, 5.41) is 22.3. The zero-order valence-electron chi connectivity index (χ0n) is 15.7. The zero-order chi connectivity index (χ0) is 20.7. The summed E-state index contributed by atoms with van der Waals surface area (Å²) >= 11 is 0. The van der Waals surface area contributed by atoms with Crippen molar-refractivity contribution in [3.8, 4) is 11.5 Å². The number of anilines is 1. The van der Waals surface area contributed by atoms with Crippen LogP contribution in [0.15, 0.2) is 33.8 Å². The van der Waals surface area contributed by atoms with Crippen molar-refractivity contribution < 1.29 is 23.9 Å². The van der Waals surface area contributed by atoms with Gasteiger partial charge in [0.25, 0.3) is 12.4 Å². The molecule has 2 N–H and O–H groups in total. The number of carbonyl (C=O) groups excluding carboxylic acids is 2. The average molecular weight is 387 g/mol. The molecule has 0 unspecified atom stereocenters. The molecule has 2 heterocycles. The Morgan fingerprint density at radius 1 is 1.25 bits per heavy atom. The molecule has 148 valence electrons. The lowest BCUT2D eigenvalue weighted by molar-refractivity contribution is -0.130. The topological polar surface area (TPSA) is 138 Å². The summed E-state index contributed by atoms with van der Waals surface area (Å²) in [5.74, 6) is 0.183. The van der Waals surface area contributed by atoms with Crippen molar-refractivity contribution in [2.45, 2.75) is 32.6 Å². The lowest BCUT2D eigenvalue weighted by atomic mass is 10.0. The molecule has 0 atom stereocenters. The van der Waals surface area contributed by atoms with Crippen LogP contribution in [0.5, 0.6) is 0 Å². The number of hydrogen-bond donors (Lipinski definition) is 2. The first-order valence-electron chi connectivity index (χ1n) is 8.52. The van der Waals surface area contributed by atoms with Gasteiger partial charge in [-0.15, -0.1) is 5.10 Å². The molecule has 0 radical (unpaired) electrons. The van der Waals surface area contributed by atoms with Crippen LogP contribution in [0.1, 0.15) is 38.2 Å². The molecule has 2 aromatic rings. The van der Waals surface area contributed by atoms with Crippen molar-refractivity contribution in [3.63, 3.8) is 0 Å². The Hall–Kier alpha value is -3.56. The molecule has 0 bridgehead atoms. The van der Waals surface area contributed by atoms with Gasteiger partial charge in [-0.05, 0) is 23.6 Å². The molecule has 28 heavy (non-hydrogen) atoms. The molecule has 0 spiro atoms. The van der Waals surface area contributed by atoms with Crippen LogP contribution in [0.4, 0.5) is 6.01 Å². The second-order valence-corrected chi connectivity index (χ2v) is 6.21. The lowest BCUT2D eigenvalue weighted by Crippen LogP contribution is -2.34. The van der Waals surface area contributed by atoms with Crippen molar-refractivity contribution in [2.24, 2.45) is 5.10 Å². The van der Waals surface area contributed by atoms with Crippen LogP contribution in [-0.2, 0) is 14.4 Å². The predicted octanol–water partition coefficient (Wildman–Crippen LogP) is 2.11. The van der Waals surface area contributed by atoms with E-state index in [1.165, 1.54) is 12.6 Å². The maximum atomic E-state index is 12.2. The largest absolute Gasteiger partial charge is 0.483 e. The van der Waals surface area contributed by atoms with Crippen molar-refractivity contribution in [3.05, 3.63) is 29.8 Å². The van der Waals surface area contributed by atoms with E-state index < -0.39 is 5.91 Å². The first-order chi connectivity index (χ1) is 13.3. The minimum Gasteiger partial charge on any atom is -0.483 e. The van der Waals surface area contributed by atoms with Crippen molar-refractivity contribution in [1.82, 2.24) is 15.2 Å². The number of benzene rings is 1. The SMILES string of the molecule is CC(C)c1ccc(-c2nnc(NC(=O)C3=NN(C)C(=O)CC3)o2)cc1.O=CO. The Labute approximate surface area is 161 Å². The molecule has 1 aliphatic heterocycles. The Bertz CT molecular complexity index is 873. The van der Waals surface area contributed by atoms with Crippen LogP contribution < -0.4 is 5.32 Å². The highest BCUT2D eigenvalue weighted by atomic mass is 16.4. The van der Waals surface area contributed by atoms with Crippen LogP contribution in [-0.4, -0.2) is 51.4 Å². The third-order valence-electron chi connectivity index (χ3n) is 3.94. The van der Waals surface area contributed by atoms with Gasteiger partial charge in [-0.25, -0.2) is 5.01 Å². The number of aromatic nitrogens is 2. The van der Waals surface area contributed by atoms with Crippen molar-refractivity contribution >= 4 is 30.0 Å². The lowest BCUT2D eigenvalue weighted by Gasteiger charge is -2.18. The predicted molar refractivity (Wildman–Crippen MR) is 101 cm³/mol. The molecule has 1 aliphatic rings. The Kier molecular flexibility index (Phi) is 6.96. The fraction of sp³-hybridized carbons (Fsp3) is 0.333. The van der Waals surface area contributed by atoms with E-state index in [1.807, 2.05) is 24.3 Å². The third-order valence-corrected chi connectivity index (χ3v) is 3.94. The first kappa shape index (κ1) is 20.7. The molecular formula is C18H21N5O5. The summed E-state index contributed by atoms with van der Waals surface area (Å²) in [6, 6.07) is 7.81. The van der Waals surface area contributed by atoms with E-state index in [9.17, 15) is 9.59 Å². The van der Waals surface area contributed by atoms with Crippen molar-refractivity contribution in [1.29, 1.82) is 0 Å². The molecule has 2 amide bonds. The Balaban J connectivity index is 0.000000878. The van der Waals surface area contributed by atoms with E-state index in [4.69, 9.17) is 14.3 Å². The summed E-state index contributed by atoms with van der Waals surface area (Å²) in [6.45, 7) is 3.99. The van der Waals surface area contributed by atoms with Gasteiger partial charge in [0.1, 0.15) is 5.71 Å². The summed E-state index contributed by atoms with van der Waals surface area (Å²) in [6.07, 6.45) is 0.534. The summed E-state index contributed by atoms with van der Waals surface area (Å²) in [5.41, 5.74) is 2.24. The maximum Gasteiger partial charge on any atom is 0.322 e. The van der Waals surface area contributed by atoms with Gasteiger partial charge in [-0.3, -0.25) is 19.7 Å². The van der Waals surface area contributed by atoms with Gasteiger partial charge in [-0.1, -0.05) is 31.1 Å². The number of nitrogens with zero attached hydrogens (tertiary/aromatic N) is 4. The number of hydrogen-bond acceptors (Lipinski definition) is 7. The molecule has 0 aliphatic carbocycles. The van der Waals surface area contributed by atoms with Gasteiger partial charge >= 0.3 is 6.01 Å². The number of carbonyl (C=O) groups is 3. The third kappa shape index (κ3) is 5.22. The zero-order valence-corrected chi connectivity index (χ0v) is 15.7. The van der Waals surface area contributed by atoms with Crippen LogP contribution in [0.25, 0.3) is 11.5 Å². The number of hydrazone groups is 1. The van der Waals surface area contributed by atoms with Gasteiger partial charge in [0.05, 0.1) is 0 Å². The molecule has 1 aromatic carbocycles. The standard InChI is InChI=1S/C17H19N5O3.CH2O2/c1-10(2)11-4-6-12(7-5-11)16-19-20-17(25-16)18-15(24)13-8-9-14(23)22(3)21-13;2-1-3/h4-7,10H,8-9H2,1-3H3,(H,18,20,24);1H,(H,2,3). The van der Waals surface area contributed by atoms with E-state index in [2.05, 4.69) is 34.5 Å². The molecule has 10 heteroatoms. The van der Waals surface area contributed by atoms with Gasteiger partial charge in [-0.2, -0.15) is 5.10 Å². The number of nitrogens with one attached hydrogen (secondary N) is 1. The number of rotatable bonds is 4. The second-order valence-electron chi connectivity index (χ2n) is 6.21. The van der Waals surface area contributed by atoms with E-state index in [0.717, 1.165) is 10.6 Å². The number of carboxylic acid groups (broad SMARTS) is 1. The van der Waals surface area contributed by atoms with E-state index in [0.29, 0.717) is 11.8 Å². The molecule has 1 aromatic heterocycles. The van der Waals surface area contributed by atoms with Gasteiger partial charge < -0.3 is 9.52 Å². The second kappa shape index (κ2) is 9.40. The quantitative estimate of drug-likeness (QED) is 0.766. The minimum atomic E-state index is -0.454. The monoisotopic (exact) mass is 387 g/mol. The maximum absolute atomic E-state index is 12.2. The molecule has 3 rings (SSSR count). The van der Waals surface area contributed by atoms with Crippen molar-refractivity contribution in [2.75, 3.05) is 12.4 Å². The molecule has 10 nitrogen and oxygen atoms in total. The highest BCUT2D eigenvalue weighted by molar-refractivity contribution is 6.43. The highest BCUT2D eigenvalue weighted by Gasteiger charge is 2.23. The fourth-order valence-electron chi connectivity index (χ4n) is 2.40. The van der Waals surface area contributed by atoms with E-state index in [1.54, 1.807) is 0 Å². The number of amides is 2. The van der Waals surface area contributed by atoms with Crippen LogP contribution in [0.2, 0.25) is 0 Å². The normalized spacial score (nSPS) is 13.5. The molecular weight excluding hydrogens is 366 g/mol.